The SMILES string of the molecule is C[C@]12C[C@@H](c3ccccc3O1)N(C(=O)c1ccc(Cl)cc1)C(=O)N2c1ccc(F)cc1F. The molecule has 2 aliphatic heterocycles. The van der Waals surface area contributed by atoms with Crippen LogP contribution in [-0.2, 0) is 0 Å². The van der Waals surface area contributed by atoms with Gasteiger partial charge >= 0.3 is 6.03 Å². The predicted molar refractivity (Wildman–Crippen MR) is 115 cm³/mol. The Morgan fingerprint density at radius 1 is 1.09 bits per heavy atom. The predicted octanol–water partition coefficient (Wildman–Crippen LogP) is 5.94. The molecule has 1 saturated heterocycles. The van der Waals surface area contributed by atoms with E-state index in [1.54, 1.807) is 43.3 Å². The van der Waals surface area contributed by atoms with E-state index < -0.39 is 35.3 Å². The van der Waals surface area contributed by atoms with E-state index in [1.807, 2.05) is 0 Å². The van der Waals surface area contributed by atoms with Gasteiger partial charge in [0.05, 0.1) is 11.7 Å². The van der Waals surface area contributed by atoms with Gasteiger partial charge in [0, 0.05) is 28.6 Å². The maximum Gasteiger partial charge on any atom is 0.335 e. The summed E-state index contributed by atoms with van der Waals surface area (Å²) in [5.41, 5.74) is -0.522. The Morgan fingerprint density at radius 2 is 1.81 bits per heavy atom. The summed E-state index contributed by atoms with van der Waals surface area (Å²) in [7, 11) is 0. The fraction of sp³-hybridized carbons (Fsp3) is 0.167. The molecule has 0 N–H and O–H groups in total. The van der Waals surface area contributed by atoms with Crippen molar-refractivity contribution in [3.8, 4) is 5.75 Å². The first-order chi connectivity index (χ1) is 15.3. The second-order valence-electron chi connectivity index (χ2n) is 7.93. The number of rotatable bonds is 2. The smallest absolute Gasteiger partial charge is 0.335 e. The number of para-hydroxylation sites is 1. The van der Waals surface area contributed by atoms with Gasteiger partial charge in [-0.05, 0) is 49.4 Å². The lowest BCUT2D eigenvalue weighted by Crippen LogP contribution is -2.67. The van der Waals surface area contributed by atoms with E-state index in [2.05, 4.69) is 0 Å². The molecule has 3 aromatic carbocycles. The van der Waals surface area contributed by atoms with Gasteiger partial charge in [-0.2, -0.15) is 0 Å². The van der Waals surface area contributed by atoms with Gasteiger partial charge in [0.25, 0.3) is 5.91 Å². The van der Waals surface area contributed by atoms with Crippen molar-refractivity contribution in [3.05, 3.63) is 94.5 Å². The van der Waals surface area contributed by atoms with Gasteiger partial charge in [0.15, 0.2) is 5.72 Å². The molecule has 2 aliphatic rings. The topological polar surface area (TPSA) is 49.9 Å². The van der Waals surface area contributed by atoms with Gasteiger partial charge in [-0.1, -0.05) is 29.8 Å². The number of ether oxygens (including phenoxy) is 1. The van der Waals surface area contributed by atoms with Crippen molar-refractivity contribution in [1.82, 2.24) is 4.90 Å². The van der Waals surface area contributed by atoms with E-state index in [0.29, 0.717) is 22.4 Å². The minimum Gasteiger partial charge on any atom is -0.467 e. The Labute approximate surface area is 187 Å². The molecule has 2 heterocycles. The molecule has 2 bridgehead atoms. The second kappa shape index (κ2) is 7.31. The van der Waals surface area contributed by atoms with Crippen LogP contribution >= 0.6 is 11.6 Å². The Kier molecular flexibility index (Phi) is 4.67. The number of hydrogen-bond acceptors (Lipinski definition) is 3. The van der Waals surface area contributed by atoms with Crippen molar-refractivity contribution in [1.29, 1.82) is 0 Å². The molecule has 0 saturated carbocycles. The lowest BCUT2D eigenvalue weighted by atomic mass is 9.88. The van der Waals surface area contributed by atoms with Crippen molar-refractivity contribution in [3.63, 3.8) is 0 Å². The summed E-state index contributed by atoms with van der Waals surface area (Å²) in [6, 6.07) is 14.8. The Morgan fingerprint density at radius 3 is 2.53 bits per heavy atom. The molecule has 32 heavy (non-hydrogen) atoms. The van der Waals surface area contributed by atoms with E-state index in [9.17, 15) is 18.4 Å². The lowest BCUT2D eigenvalue weighted by Gasteiger charge is -2.53. The highest BCUT2D eigenvalue weighted by Crippen LogP contribution is 2.50. The Bertz CT molecular complexity index is 1250. The van der Waals surface area contributed by atoms with Gasteiger partial charge in [-0.15, -0.1) is 0 Å². The molecule has 0 unspecified atom stereocenters. The summed E-state index contributed by atoms with van der Waals surface area (Å²) in [5.74, 6) is -1.77. The van der Waals surface area contributed by atoms with Crippen molar-refractivity contribution >= 4 is 29.2 Å². The van der Waals surface area contributed by atoms with Crippen molar-refractivity contribution in [2.75, 3.05) is 4.90 Å². The van der Waals surface area contributed by atoms with E-state index in [1.165, 1.54) is 18.2 Å². The van der Waals surface area contributed by atoms with Crippen LogP contribution in [0, 0.1) is 11.6 Å². The normalized spacial score (nSPS) is 21.8. The van der Waals surface area contributed by atoms with Crippen LogP contribution in [0.2, 0.25) is 5.02 Å². The maximum atomic E-state index is 14.8. The highest BCUT2D eigenvalue weighted by atomic mass is 35.5. The fourth-order valence-corrected chi connectivity index (χ4v) is 4.51. The van der Waals surface area contributed by atoms with Crippen molar-refractivity contribution < 1.29 is 23.1 Å². The van der Waals surface area contributed by atoms with Crippen LogP contribution in [0.4, 0.5) is 19.3 Å². The minimum absolute atomic E-state index is 0.175. The van der Waals surface area contributed by atoms with Gasteiger partial charge in [-0.3, -0.25) is 14.6 Å². The summed E-state index contributed by atoms with van der Waals surface area (Å²) in [4.78, 5) is 29.4. The zero-order valence-electron chi connectivity index (χ0n) is 16.9. The van der Waals surface area contributed by atoms with Crippen molar-refractivity contribution in [2.45, 2.75) is 25.1 Å². The number of carbonyl (C=O) groups is 2. The zero-order valence-corrected chi connectivity index (χ0v) is 17.6. The number of anilines is 1. The number of urea groups is 1. The van der Waals surface area contributed by atoms with E-state index >= 15 is 0 Å². The molecule has 162 valence electrons. The largest absolute Gasteiger partial charge is 0.467 e. The van der Waals surface area contributed by atoms with E-state index in [0.717, 1.165) is 15.9 Å². The van der Waals surface area contributed by atoms with Crippen LogP contribution in [0.15, 0.2) is 66.7 Å². The van der Waals surface area contributed by atoms with Gasteiger partial charge in [0.2, 0.25) is 0 Å². The molecule has 2 atom stereocenters. The van der Waals surface area contributed by atoms with Gasteiger partial charge in [0.1, 0.15) is 17.4 Å². The van der Waals surface area contributed by atoms with Crippen LogP contribution in [0.25, 0.3) is 0 Å². The van der Waals surface area contributed by atoms with Crippen LogP contribution < -0.4 is 9.64 Å². The zero-order chi connectivity index (χ0) is 22.6. The standard InChI is InChI=1S/C24H17ClF2N2O3/c1-24-13-20(17-4-2-3-5-21(17)32-24)28(22(30)14-6-8-15(25)9-7-14)23(31)29(24)19-11-10-16(26)12-18(19)27/h2-12,20H,13H2,1H3/t20-,24+/m0/s1. The number of nitrogens with zero attached hydrogens (tertiary/aromatic N) is 2. The monoisotopic (exact) mass is 454 g/mol. The summed E-state index contributed by atoms with van der Waals surface area (Å²) in [6.45, 7) is 1.65. The van der Waals surface area contributed by atoms with Crippen molar-refractivity contribution in [2.24, 2.45) is 0 Å². The highest BCUT2D eigenvalue weighted by Gasteiger charge is 2.55. The third-order valence-corrected chi connectivity index (χ3v) is 6.07. The summed E-state index contributed by atoms with van der Waals surface area (Å²) in [5, 5.41) is 0.450. The summed E-state index contributed by atoms with van der Waals surface area (Å²) < 4.78 is 34.5. The number of benzene rings is 3. The molecule has 3 aromatic rings. The summed E-state index contributed by atoms with van der Waals surface area (Å²) in [6.07, 6.45) is 0.200. The molecule has 8 heteroatoms. The molecule has 0 aromatic heterocycles. The molecular formula is C24H17ClF2N2O3. The maximum absolute atomic E-state index is 14.8. The van der Waals surface area contributed by atoms with Crippen LogP contribution in [0.5, 0.6) is 5.75 Å². The van der Waals surface area contributed by atoms with Gasteiger partial charge in [-0.25, -0.2) is 13.6 Å². The molecule has 3 amide bonds. The highest BCUT2D eigenvalue weighted by molar-refractivity contribution is 6.30. The minimum atomic E-state index is -1.29. The number of hydrogen-bond donors (Lipinski definition) is 0. The lowest BCUT2D eigenvalue weighted by molar-refractivity contribution is 0.00225. The number of fused-ring (bicyclic) bond motifs is 4. The van der Waals surface area contributed by atoms with Crippen LogP contribution in [0.3, 0.4) is 0 Å². The molecule has 5 rings (SSSR count). The molecule has 0 spiro atoms. The average Bonchev–Trinajstić information content (AvgIpc) is 2.75. The third kappa shape index (κ3) is 3.12. The first-order valence-corrected chi connectivity index (χ1v) is 10.3. The third-order valence-electron chi connectivity index (χ3n) is 5.82. The molecule has 5 nitrogen and oxygen atoms in total. The average molecular weight is 455 g/mol. The van der Waals surface area contributed by atoms with E-state index in [4.69, 9.17) is 16.3 Å². The Balaban J connectivity index is 1.68. The Hall–Kier alpha value is -3.45. The fourth-order valence-electron chi connectivity index (χ4n) is 4.39. The number of imide groups is 1. The number of halogens is 3. The first kappa shape index (κ1) is 20.5. The molecule has 1 fully saturated rings. The number of carbonyl (C=O) groups excluding carboxylic acids is 2. The van der Waals surface area contributed by atoms with E-state index in [-0.39, 0.29) is 17.7 Å². The second-order valence-corrected chi connectivity index (χ2v) is 8.37. The molecule has 0 aliphatic carbocycles. The summed E-state index contributed by atoms with van der Waals surface area (Å²) >= 11 is 5.94. The molecular weight excluding hydrogens is 438 g/mol. The quantitative estimate of drug-likeness (QED) is 0.481. The molecule has 0 radical (unpaired) electrons. The van der Waals surface area contributed by atoms with Crippen LogP contribution in [0.1, 0.15) is 35.3 Å². The number of amides is 3. The van der Waals surface area contributed by atoms with Crippen LogP contribution in [-0.4, -0.2) is 22.6 Å². The van der Waals surface area contributed by atoms with Gasteiger partial charge < -0.3 is 4.74 Å². The first-order valence-electron chi connectivity index (χ1n) is 9.95.